The van der Waals surface area contributed by atoms with Crippen molar-refractivity contribution >= 4 is 70.9 Å². The maximum atomic E-state index is 14.7. The van der Waals surface area contributed by atoms with E-state index in [0.717, 1.165) is 0 Å². The van der Waals surface area contributed by atoms with E-state index in [1.807, 2.05) is 111 Å². The number of nitrogens with two attached hydrogens (primary N) is 5. The summed E-state index contributed by atoms with van der Waals surface area (Å²) < 4.78 is 0. The van der Waals surface area contributed by atoms with Gasteiger partial charge in [0, 0.05) is 0 Å². The zero-order valence-electron chi connectivity index (χ0n) is 64.3. The molecule has 0 radical (unpaired) electrons. The van der Waals surface area contributed by atoms with E-state index in [-0.39, 0.29) is 131 Å². The highest BCUT2D eigenvalue weighted by molar-refractivity contribution is 5.99. The fraction of sp³-hybridized carbons (Fsp3) is 0.833. The number of hydrogen-bond donors (Lipinski definition) is 17. The lowest BCUT2D eigenvalue weighted by Gasteiger charge is -2.30. The van der Waals surface area contributed by atoms with Crippen molar-refractivity contribution in [1.82, 2.24) is 58.5 Å². The average molecular weight is 1440 g/mol. The lowest BCUT2D eigenvalue weighted by Crippen LogP contribution is -2.61. The van der Waals surface area contributed by atoms with Crippen LogP contribution < -0.4 is 87.2 Å². The van der Waals surface area contributed by atoms with Gasteiger partial charge in [0.2, 0.25) is 65.0 Å². The molecule has 0 aliphatic carbocycles. The van der Waals surface area contributed by atoms with Gasteiger partial charge < -0.3 is 92.3 Å². The number of unbranched alkanes of at least 4 members (excludes halogenated alkanes) is 4. The third-order valence-corrected chi connectivity index (χ3v) is 16.7. The topological polar surface area (TPSA) is 487 Å². The van der Waals surface area contributed by atoms with Crippen molar-refractivity contribution in [3.8, 4) is 0 Å². The van der Waals surface area contributed by atoms with Gasteiger partial charge in [-0.05, 0) is 196 Å². The first-order chi connectivity index (χ1) is 47.3. The van der Waals surface area contributed by atoms with Crippen LogP contribution in [0.15, 0.2) is 0 Å². The van der Waals surface area contributed by atoms with Crippen LogP contribution in [0, 0.1) is 47.3 Å². The summed E-state index contributed by atoms with van der Waals surface area (Å²) in [5, 5.41) is 40.6. The molecule has 0 unspecified atom stereocenters. The molecule has 0 saturated heterocycles. The molecule has 0 bridgehead atoms. The van der Waals surface area contributed by atoms with Crippen LogP contribution in [0.4, 0.5) is 0 Å². The van der Waals surface area contributed by atoms with E-state index in [4.69, 9.17) is 28.7 Å². The molecule has 22 N–H and O–H groups in total. The van der Waals surface area contributed by atoms with Gasteiger partial charge in [0.05, 0.1) is 6.04 Å². The third-order valence-electron chi connectivity index (χ3n) is 16.7. The van der Waals surface area contributed by atoms with Gasteiger partial charge in [-0.1, -0.05) is 117 Å². The monoisotopic (exact) mass is 1440 g/mol. The number of hydrogen-bond acceptors (Lipinski definition) is 17. The van der Waals surface area contributed by atoms with E-state index < -0.39 is 143 Å². The Morgan fingerprint density at radius 1 is 0.228 bits per heavy atom. The van der Waals surface area contributed by atoms with Gasteiger partial charge in [0.25, 0.3) is 0 Å². The second-order valence-electron chi connectivity index (χ2n) is 30.8. The Hall–Kier alpha value is -6.56. The Morgan fingerprint density at radius 2 is 0.376 bits per heavy atom. The number of carbonyl (C=O) groups is 12. The third kappa shape index (κ3) is 41.4. The maximum Gasteiger partial charge on any atom is 0.326 e. The fourth-order valence-corrected chi connectivity index (χ4v) is 11.5. The van der Waals surface area contributed by atoms with Crippen LogP contribution in [-0.4, -0.2) is 175 Å². The highest BCUT2D eigenvalue weighted by Gasteiger charge is 2.38. The van der Waals surface area contributed by atoms with Crippen molar-refractivity contribution in [2.75, 3.05) is 26.2 Å². The zero-order chi connectivity index (χ0) is 77.2. The van der Waals surface area contributed by atoms with E-state index in [1.165, 1.54) is 0 Å². The molecule has 11 amide bonds. The van der Waals surface area contributed by atoms with Crippen molar-refractivity contribution in [2.24, 2.45) is 76.0 Å². The largest absolute Gasteiger partial charge is 0.480 e. The smallest absolute Gasteiger partial charge is 0.326 e. The van der Waals surface area contributed by atoms with Crippen LogP contribution in [0.5, 0.6) is 0 Å². The molecule has 0 rings (SSSR count). The first kappa shape index (κ1) is 94.4. The first-order valence-corrected chi connectivity index (χ1v) is 37.4. The molecule has 12 atom stereocenters. The standard InChI is InChI=1S/C72H138N16O13/c1-41(2)33-53(81-61(89)49(77)25-17-21-29-73)67(95)87-59(39-47(13)14)70(98)84-54(34-42(3)4)64(92)79-51(27-19-23-31-75)63(91)83-58(38-46(11)12)69(97)88-60(40-48(15)16)71(99)85-55(35-43(5)6)65(93)78-50(26-18-22-30-74)62(90)82-57(37-45(9)10)68(96)86-56(36-44(7)8)66(94)80-52(72(100)101)28-20-24-32-76/h41-60H,17-40,73-77H2,1-16H3,(H,78,93)(H,79,92)(H,80,94)(H,81,89)(H,82,90)(H,83,91)(H,84,98)(H,85,99)(H,86,96)(H,87,95)(H,88,97)(H,100,101)/t49-,50-,51-,52-,53-,54+,55+,56-,57+,58-,59+,60-/m0/s1. The molecule has 101 heavy (non-hydrogen) atoms. The normalized spacial score (nSPS) is 15.3. The number of carbonyl (C=O) groups excluding carboxylic acids is 11. The van der Waals surface area contributed by atoms with E-state index >= 15 is 0 Å². The molecule has 0 aromatic heterocycles. The molecule has 0 aromatic carbocycles. The van der Waals surface area contributed by atoms with Crippen molar-refractivity contribution in [3.05, 3.63) is 0 Å². The lowest BCUT2D eigenvalue weighted by atomic mass is 9.97. The van der Waals surface area contributed by atoms with E-state index in [2.05, 4.69) is 58.5 Å². The molecule has 0 fully saturated rings. The second kappa shape index (κ2) is 51.6. The van der Waals surface area contributed by atoms with E-state index in [0.29, 0.717) is 70.9 Å². The SMILES string of the molecule is CC(C)C[C@H](NC(=O)[C@H](CCCCN)NC(=O)[C@@H](CC(C)C)NC(=O)[C@@H](CC(C)C)NC(=O)[C@H](CC(C)C)NC(=O)[C@@H](N)CCCCN)C(=O)N[C@@H](CC(C)C)C(=O)N[C@H](CC(C)C)C(=O)N[C@@H](CCCCN)C(=O)N[C@H](CC(C)C)C(=O)N[C@@H](CC(C)C)C(=O)N[C@@H](CCCCN)C(=O)O. The molecule has 0 aliphatic rings. The second-order valence-corrected chi connectivity index (χ2v) is 30.8. The summed E-state index contributed by atoms with van der Waals surface area (Å²) in [6.45, 7) is 31.0. The van der Waals surface area contributed by atoms with Crippen LogP contribution in [0.25, 0.3) is 0 Å². The number of aliphatic carboxylic acids is 1. The lowest BCUT2D eigenvalue weighted by molar-refractivity contribution is -0.142. The van der Waals surface area contributed by atoms with Gasteiger partial charge in [-0.15, -0.1) is 0 Å². The van der Waals surface area contributed by atoms with Crippen molar-refractivity contribution < 1.29 is 62.6 Å². The van der Waals surface area contributed by atoms with Crippen LogP contribution in [-0.2, 0) is 57.5 Å². The molecule has 0 spiro atoms. The Labute approximate surface area is 603 Å². The number of carboxylic acids is 1. The van der Waals surface area contributed by atoms with Crippen LogP contribution in [0.3, 0.4) is 0 Å². The number of carboxylic acid groups (broad SMARTS) is 1. The van der Waals surface area contributed by atoms with Gasteiger partial charge in [-0.2, -0.15) is 0 Å². The number of rotatable bonds is 55. The van der Waals surface area contributed by atoms with Gasteiger partial charge in [0.1, 0.15) is 66.5 Å². The quantitative estimate of drug-likeness (QED) is 0.0389. The molecule has 0 saturated carbocycles. The minimum Gasteiger partial charge on any atom is -0.480 e. The van der Waals surface area contributed by atoms with Crippen LogP contribution in [0.1, 0.15) is 239 Å². The average Bonchev–Trinajstić information content (AvgIpc) is 0.862. The minimum absolute atomic E-state index is 0.0311. The molecular weight excluding hydrogens is 1300 g/mol. The predicted octanol–water partition coefficient (Wildman–Crippen LogP) is 2.62. The van der Waals surface area contributed by atoms with Crippen molar-refractivity contribution in [2.45, 2.75) is 312 Å². The summed E-state index contributed by atoms with van der Waals surface area (Å²) in [7, 11) is 0. The molecule has 584 valence electrons. The van der Waals surface area contributed by atoms with Crippen LogP contribution in [0.2, 0.25) is 0 Å². The van der Waals surface area contributed by atoms with Crippen LogP contribution >= 0.6 is 0 Å². The maximum absolute atomic E-state index is 14.7. The Morgan fingerprint density at radius 3 is 0.554 bits per heavy atom. The summed E-state index contributed by atoms with van der Waals surface area (Å²) in [5.74, 6) is -9.79. The fourth-order valence-electron chi connectivity index (χ4n) is 11.5. The molecular formula is C72H138N16O13. The highest BCUT2D eigenvalue weighted by Crippen LogP contribution is 2.18. The predicted molar refractivity (Wildman–Crippen MR) is 394 cm³/mol. The van der Waals surface area contributed by atoms with Gasteiger partial charge in [0.15, 0.2) is 0 Å². The highest BCUT2D eigenvalue weighted by atomic mass is 16.4. The summed E-state index contributed by atoms with van der Waals surface area (Å²) in [4.78, 5) is 169. The van der Waals surface area contributed by atoms with Gasteiger partial charge in [-0.3, -0.25) is 52.7 Å². The Kier molecular flexibility index (Phi) is 48.2. The van der Waals surface area contributed by atoms with Gasteiger partial charge in [-0.25, -0.2) is 4.79 Å². The molecule has 0 aromatic rings. The van der Waals surface area contributed by atoms with Gasteiger partial charge >= 0.3 is 5.97 Å². The molecule has 29 heteroatoms. The van der Waals surface area contributed by atoms with E-state index in [9.17, 15) is 62.6 Å². The first-order valence-electron chi connectivity index (χ1n) is 37.4. The van der Waals surface area contributed by atoms with Crippen molar-refractivity contribution in [3.63, 3.8) is 0 Å². The molecule has 0 aliphatic heterocycles. The Balaban J connectivity index is 7.10. The zero-order valence-corrected chi connectivity index (χ0v) is 64.3. The number of nitrogens with one attached hydrogen (secondary N) is 11. The summed E-state index contributed by atoms with van der Waals surface area (Å²) >= 11 is 0. The van der Waals surface area contributed by atoms with Crippen molar-refractivity contribution in [1.29, 1.82) is 0 Å². The molecule has 29 nitrogen and oxygen atoms in total. The number of amides is 11. The summed E-state index contributed by atoms with van der Waals surface area (Å²) in [6.07, 6.45) is 5.85. The molecule has 0 heterocycles. The van der Waals surface area contributed by atoms with E-state index in [1.54, 1.807) is 0 Å². The summed E-state index contributed by atoms with van der Waals surface area (Å²) in [5.41, 5.74) is 29.2. The Bertz CT molecular complexity index is 2520. The summed E-state index contributed by atoms with van der Waals surface area (Å²) in [6, 6.07) is -14.0. The minimum atomic E-state index is -1.25.